The Morgan fingerprint density at radius 3 is 2.88 bits per heavy atom. The van der Waals surface area contributed by atoms with Crippen LogP contribution < -0.4 is 10.2 Å². The molecule has 6 heteroatoms. The van der Waals surface area contributed by atoms with Crippen LogP contribution in [-0.2, 0) is 4.79 Å². The summed E-state index contributed by atoms with van der Waals surface area (Å²) in [6.45, 7) is 7.33. The minimum atomic E-state index is -0.308. The van der Waals surface area contributed by atoms with E-state index in [0.717, 1.165) is 19.4 Å². The topological polar surface area (TPSA) is 58.1 Å². The van der Waals surface area contributed by atoms with E-state index in [-0.39, 0.29) is 23.2 Å². The first-order valence-corrected chi connectivity index (χ1v) is 8.31. The number of carbonyl (C=O) groups is 1. The lowest BCUT2D eigenvalue weighted by molar-refractivity contribution is -0.126. The zero-order chi connectivity index (χ0) is 17.3. The highest BCUT2D eigenvalue weighted by Gasteiger charge is 2.29. The highest BCUT2D eigenvalue weighted by Crippen LogP contribution is 2.28. The van der Waals surface area contributed by atoms with Crippen molar-refractivity contribution in [2.45, 2.75) is 39.2 Å². The molecule has 1 aromatic carbocycles. The van der Waals surface area contributed by atoms with Crippen LogP contribution in [0.25, 0.3) is 10.9 Å². The monoisotopic (exact) mass is 330 g/mol. The smallest absolute Gasteiger partial charge is 0.225 e. The molecule has 0 aliphatic carbocycles. The summed E-state index contributed by atoms with van der Waals surface area (Å²) in [5, 5.41) is 3.74. The lowest BCUT2D eigenvalue weighted by atomic mass is 9.95. The van der Waals surface area contributed by atoms with Gasteiger partial charge in [0.25, 0.3) is 0 Å². The van der Waals surface area contributed by atoms with Crippen molar-refractivity contribution in [2.24, 2.45) is 5.92 Å². The van der Waals surface area contributed by atoms with Gasteiger partial charge < -0.3 is 10.2 Å². The number of anilines is 1. The molecule has 5 nitrogen and oxygen atoms in total. The van der Waals surface area contributed by atoms with Crippen molar-refractivity contribution in [1.29, 1.82) is 0 Å². The third-order valence-electron chi connectivity index (χ3n) is 4.17. The van der Waals surface area contributed by atoms with E-state index in [9.17, 15) is 9.18 Å². The van der Waals surface area contributed by atoms with Crippen molar-refractivity contribution < 1.29 is 9.18 Å². The van der Waals surface area contributed by atoms with Crippen LogP contribution in [0.1, 0.15) is 33.6 Å². The average molecular weight is 330 g/mol. The number of halogens is 1. The summed E-state index contributed by atoms with van der Waals surface area (Å²) in [7, 11) is 0. The molecular formula is C18H23FN4O. The second kappa shape index (κ2) is 6.34. The Bertz CT molecular complexity index is 756. The van der Waals surface area contributed by atoms with Crippen LogP contribution in [0, 0.1) is 11.7 Å². The molecule has 1 aliphatic rings. The van der Waals surface area contributed by atoms with Crippen LogP contribution in [-0.4, -0.2) is 34.5 Å². The van der Waals surface area contributed by atoms with Crippen molar-refractivity contribution in [1.82, 2.24) is 15.3 Å². The molecule has 1 saturated heterocycles. The number of carbonyl (C=O) groups excluding carboxylic acids is 1. The van der Waals surface area contributed by atoms with E-state index in [0.29, 0.717) is 23.3 Å². The number of benzene rings is 1. The van der Waals surface area contributed by atoms with Crippen molar-refractivity contribution in [2.75, 3.05) is 18.0 Å². The first kappa shape index (κ1) is 16.6. The van der Waals surface area contributed by atoms with Gasteiger partial charge in [0.1, 0.15) is 18.0 Å². The molecule has 0 radical (unpaired) electrons. The van der Waals surface area contributed by atoms with Gasteiger partial charge in [0.15, 0.2) is 0 Å². The summed E-state index contributed by atoms with van der Waals surface area (Å²) in [6.07, 6.45) is 3.26. The van der Waals surface area contributed by atoms with Crippen LogP contribution in [0.4, 0.5) is 10.2 Å². The van der Waals surface area contributed by atoms with Gasteiger partial charge in [0, 0.05) is 24.0 Å². The number of nitrogens with one attached hydrogen (secondary N) is 1. The summed E-state index contributed by atoms with van der Waals surface area (Å²) in [4.78, 5) is 23.1. The number of rotatable bonds is 2. The van der Waals surface area contributed by atoms with E-state index < -0.39 is 0 Å². The summed E-state index contributed by atoms with van der Waals surface area (Å²) in [5.74, 6) is 0.374. The fourth-order valence-corrected chi connectivity index (χ4v) is 3.12. The van der Waals surface area contributed by atoms with Crippen molar-refractivity contribution in [3.8, 4) is 0 Å². The van der Waals surface area contributed by atoms with Gasteiger partial charge in [-0.15, -0.1) is 0 Å². The fraction of sp³-hybridized carbons (Fsp3) is 0.500. The van der Waals surface area contributed by atoms with Gasteiger partial charge >= 0.3 is 0 Å². The Labute approximate surface area is 141 Å². The number of amides is 1. The SMILES string of the molecule is CC(C)(C)NC(=O)C1CCCN(c2ncnc3ccc(F)cc23)C1. The van der Waals surface area contributed by atoms with E-state index >= 15 is 0 Å². The first-order valence-electron chi connectivity index (χ1n) is 8.31. The van der Waals surface area contributed by atoms with Gasteiger partial charge in [-0.3, -0.25) is 4.79 Å². The summed E-state index contributed by atoms with van der Waals surface area (Å²) in [6, 6.07) is 4.52. The quantitative estimate of drug-likeness (QED) is 0.920. The molecule has 1 amide bonds. The molecule has 1 fully saturated rings. The largest absolute Gasteiger partial charge is 0.355 e. The molecule has 1 aliphatic heterocycles. The van der Waals surface area contributed by atoms with Gasteiger partial charge in [0.2, 0.25) is 5.91 Å². The third-order valence-corrected chi connectivity index (χ3v) is 4.17. The lowest BCUT2D eigenvalue weighted by Crippen LogP contribution is -2.48. The Hall–Kier alpha value is -2.24. The summed E-state index contributed by atoms with van der Waals surface area (Å²) in [5.41, 5.74) is 0.465. The van der Waals surface area contributed by atoms with Gasteiger partial charge in [-0.1, -0.05) is 0 Å². The summed E-state index contributed by atoms with van der Waals surface area (Å²) >= 11 is 0. The van der Waals surface area contributed by atoms with Crippen LogP contribution in [0.2, 0.25) is 0 Å². The van der Waals surface area contributed by atoms with E-state index in [1.165, 1.54) is 18.5 Å². The van der Waals surface area contributed by atoms with Gasteiger partial charge in [-0.2, -0.15) is 0 Å². The zero-order valence-electron chi connectivity index (χ0n) is 14.3. The molecule has 1 atom stereocenters. The molecule has 0 saturated carbocycles. The Balaban J connectivity index is 1.85. The third kappa shape index (κ3) is 3.63. The molecule has 128 valence electrons. The Kier molecular flexibility index (Phi) is 4.39. The van der Waals surface area contributed by atoms with Crippen LogP contribution in [0.15, 0.2) is 24.5 Å². The molecule has 0 spiro atoms. The van der Waals surface area contributed by atoms with Crippen LogP contribution >= 0.6 is 0 Å². The average Bonchev–Trinajstić information content (AvgIpc) is 2.53. The predicted molar refractivity (Wildman–Crippen MR) is 92.3 cm³/mol. The number of nitrogens with zero attached hydrogens (tertiary/aromatic N) is 3. The highest BCUT2D eigenvalue weighted by molar-refractivity contribution is 5.89. The number of piperidine rings is 1. The second-order valence-corrected chi connectivity index (χ2v) is 7.38. The van der Waals surface area contributed by atoms with Crippen molar-refractivity contribution in [3.63, 3.8) is 0 Å². The zero-order valence-corrected chi connectivity index (χ0v) is 14.3. The standard InChI is InChI=1S/C18H23FN4O/c1-18(2,3)22-17(24)12-5-4-8-23(10-12)16-14-9-13(19)6-7-15(14)20-11-21-16/h6-7,9,11-12H,4-5,8,10H2,1-3H3,(H,22,24). The van der Waals surface area contributed by atoms with Gasteiger partial charge in [-0.05, 0) is 51.8 Å². The van der Waals surface area contributed by atoms with Gasteiger partial charge in [-0.25, -0.2) is 14.4 Å². The molecule has 2 heterocycles. The molecule has 0 bridgehead atoms. The number of aromatic nitrogens is 2. The van der Waals surface area contributed by atoms with Crippen molar-refractivity contribution in [3.05, 3.63) is 30.3 Å². The molecule has 24 heavy (non-hydrogen) atoms. The maximum Gasteiger partial charge on any atom is 0.225 e. The highest BCUT2D eigenvalue weighted by atomic mass is 19.1. The maximum atomic E-state index is 13.6. The minimum Gasteiger partial charge on any atom is -0.355 e. The Morgan fingerprint density at radius 2 is 2.12 bits per heavy atom. The first-order chi connectivity index (χ1) is 11.3. The van der Waals surface area contributed by atoms with Crippen LogP contribution in [0.3, 0.4) is 0 Å². The van der Waals surface area contributed by atoms with E-state index in [2.05, 4.69) is 20.2 Å². The maximum absolute atomic E-state index is 13.6. The molecule has 1 N–H and O–H groups in total. The van der Waals surface area contributed by atoms with E-state index in [1.54, 1.807) is 6.07 Å². The molecular weight excluding hydrogens is 307 g/mol. The Morgan fingerprint density at radius 1 is 1.33 bits per heavy atom. The van der Waals surface area contributed by atoms with Gasteiger partial charge in [0.05, 0.1) is 11.4 Å². The molecule has 1 aromatic heterocycles. The summed E-state index contributed by atoms with van der Waals surface area (Å²) < 4.78 is 13.6. The fourth-order valence-electron chi connectivity index (χ4n) is 3.12. The minimum absolute atomic E-state index is 0.0664. The number of hydrogen-bond donors (Lipinski definition) is 1. The normalized spacial score (nSPS) is 18.7. The lowest BCUT2D eigenvalue weighted by Gasteiger charge is -2.34. The molecule has 2 aromatic rings. The van der Waals surface area contributed by atoms with E-state index in [1.807, 2.05) is 20.8 Å². The number of hydrogen-bond acceptors (Lipinski definition) is 4. The molecule has 3 rings (SSSR count). The predicted octanol–water partition coefficient (Wildman–Crippen LogP) is 2.90. The second-order valence-electron chi connectivity index (χ2n) is 7.38. The van der Waals surface area contributed by atoms with Crippen molar-refractivity contribution >= 4 is 22.6 Å². The van der Waals surface area contributed by atoms with E-state index in [4.69, 9.17) is 0 Å². The van der Waals surface area contributed by atoms with Crippen LogP contribution in [0.5, 0.6) is 0 Å². The molecule has 1 unspecified atom stereocenters. The number of fused-ring (bicyclic) bond motifs is 1.